The second kappa shape index (κ2) is 6.43. The van der Waals surface area contributed by atoms with E-state index in [1.807, 2.05) is 36.7 Å². The van der Waals surface area contributed by atoms with Crippen LogP contribution in [-0.4, -0.2) is 15.5 Å². The molecule has 0 fully saturated rings. The standard InChI is InChI=1S/C16H22N4O/c1-4-5-15-18-8-9-20(15)12(3)16(21)19-14-10-13(17)7-6-11(14)2/h6-10,12H,4-5,17H2,1-3H3,(H,19,21). The average Bonchev–Trinajstić information content (AvgIpc) is 2.90. The fourth-order valence-corrected chi connectivity index (χ4v) is 2.25. The lowest BCUT2D eigenvalue weighted by atomic mass is 10.1. The Balaban J connectivity index is 2.16. The molecule has 112 valence electrons. The highest BCUT2D eigenvalue weighted by Gasteiger charge is 2.18. The van der Waals surface area contributed by atoms with Crippen molar-refractivity contribution in [2.45, 2.75) is 39.7 Å². The van der Waals surface area contributed by atoms with Crippen molar-refractivity contribution < 1.29 is 4.79 Å². The van der Waals surface area contributed by atoms with Gasteiger partial charge in [0.15, 0.2) is 0 Å². The summed E-state index contributed by atoms with van der Waals surface area (Å²) in [5, 5.41) is 2.94. The number of nitrogens with two attached hydrogens (primary N) is 1. The molecule has 0 radical (unpaired) electrons. The van der Waals surface area contributed by atoms with Gasteiger partial charge in [0, 0.05) is 30.2 Å². The first-order chi connectivity index (χ1) is 10.0. The molecule has 0 aliphatic rings. The van der Waals surface area contributed by atoms with E-state index in [2.05, 4.69) is 17.2 Å². The van der Waals surface area contributed by atoms with Crippen LogP contribution in [0.4, 0.5) is 11.4 Å². The van der Waals surface area contributed by atoms with Gasteiger partial charge < -0.3 is 15.6 Å². The van der Waals surface area contributed by atoms with Gasteiger partial charge in [-0.05, 0) is 38.0 Å². The van der Waals surface area contributed by atoms with E-state index in [4.69, 9.17) is 5.73 Å². The number of carbonyl (C=O) groups is 1. The van der Waals surface area contributed by atoms with E-state index in [0.717, 1.165) is 29.9 Å². The van der Waals surface area contributed by atoms with E-state index in [9.17, 15) is 4.79 Å². The lowest BCUT2D eigenvalue weighted by Crippen LogP contribution is -2.25. The summed E-state index contributed by atoms with van der Waals surface area (Å²) in [5.74, 6) is 0.864. The smallest absolute Gasteiger partial charge is 0.247 e. The Kier molecular flexibility index (Phi) is 4.62. The molecule has 2 aromatic rings. The molecule has 3 N–H and O–H groups in total. The molecule has 1 amide bonds. The summed E-state index contributed by atoms with van der Waals surface area (Å²) in [5.41, 5.74) is 8.15. The molecule has 2 rings (SSSR count). The lowest BCUT2D eigenvalue weighted by molar-refractivity contribution is -0.118. The molecule has 5 nitrogen and oxygen atoms in total. The van der Waals surface area contributed by atoms with Gasteiger partial charge in [0.05, 0.1) is 0 Å². The number of benzene rings is 1. The molecule has 0 bridgehead atoms. The van der Waals surface area contributed by atoms with Crippen LogP contribution in [0.25, 0.3) is 0 Å². The van der Waals surface area contributed by atoms with E-state index in [-0.39, 0.29) is 11.9 Å². The van der Waals surface area contributed by atoms with Crippen LogP contribution in [0, 0.1) is 6.92 Å². The summed E-state index contributed by atoms with van der Waals surface area (Å²) in [6.45, 7) is 5.91. The summed E-state index contributed by atoms with van der Waals surface area (Å²) in [6.07, 6.45) is 5.45. The van der Waals surface area contributed by atoms with Crippen molar-refractivity contribution in [3.63, 3.8) is 0 Å². The minimum atomic E-state index is -0.310. The monoisotopic (exact) mass is 286 g/mol. The van der Waals surface area contributed by atoms with Crippen molar-refractivity contribution in [2.75, 3.05) is 11.1 Å². The van der Waals surface area contributed by atoms with E-state index < -0.39 is 0 Å². The highest BCUT2D eigenvalue weighted by atomic mass is 16.2. The van der Waals surface area contributed by atoms with Crippen LogP contribution in [0.15, 0.2) is 30.6 Å². The number of carbonyl (C=O) groups excluding carboxylic acids is 1. The van der Waals surface area contributed by atoms with E-state index >= 15 is 0 Å². The topological polar surface area (TPSA) is 72.9 Å². The minimum Gasteiger partial charge on any atom is -0.399 e. The van der Waals surface area contributed by atoms with Gasteiger partial charge in [0.2, 0.25) is 5.91 Å². The highest BCUT2D eigenvalue weighted by Crippen LogP contribution is 2.20. The minimum absolute atomic E-state index is 0.0703. The van der Waals surface area contributed by atoms with Crippen LogP contribution in [0.5, 0.6) is 0 Å². The van der Waals surface area contributed by atoms with Crippen molar-refractivity contribution in [2.24, 2.45) is 0 Å². The maximum absolute atomic E-state index is 12.4. The lowest BCUT2D eigenvalue weighted by Gasteiger charge is -2.17. The zero-order valence-electron chi connectivity index (χ0n) is 12.8. The van der Waals surface area contributed by atoms with Crippen LogP contribution in [0.1, 0.15) is 37.7 Å². The zero-order valence-corrected chi connectivity index (χ0v) is 12.8. The molecule has 0 aliphatic carbocycles. The Morgan fingerprint density at radius 2 is 2.24 bits per heavy atom. The summed E-state index contributed by atoms with van der Waals surface area (Å²) >= 11 is 0. The number of imidazole rings is 1. The van der Waals surface area contributed by atoms with Gasteiger partial charge in [0.25, 0.3) is 0 Å². The number of nitrogens with zero attached hydrogens (tertiary/aromatic N) is 2. The second-order valence-corrected chi connectivity index (χ2v) is 5.24. The zero-order chi connectivity index (χ0) is 15.4. The second-order valence-electron chi connectivity index (χ2n) is 5.24. The number of hydrogen-bond acceptors (Lipinski definition) is 3. The maximum Gasteiger partial charge on any atom is 0.247 e. The van der Waals surface area contributed by atoms with Gasteiger partial charge in [0.1, 0.15) is 11.9 Å². The number of anilines is 2. The third-order valence-electron chi connectivity index (χ3n) is 3.54. The molecule has 1 atom stereocenters. The van der Waals surface area contributed by atoms with Crippen LogP contribution in [-0.2, 0) is 11.2 Å². The number of aromatic nitrogens is 2. The molecule has 0 aliphatic heterocycles. The molecular formula is C16H22N4O. The molecule has 5 heteroatoms. The number of nitrogen functional groups attached to an aromatic ring is 1. The fourth-order valence-electron chi connectivity index (χ4n) is 2.25. The first-order valence-electron chi connectivity index (χ1n) is 7.21. The van der Waals surface area contributed by atoms with Crippen LogP contribution < -0.4 is 11.1 Å². The highest BCUT2D eigenvalue weighted by molar-refractivity contribution is 5.94. The van der Waals surface area contributed by atoms with Gasteiger partial charge in [-0.25, -0.2) is 4.98 Å². The van der Waals surface area contributed by atoms with E-state index in [1.165, 1.54) is 0 Å². The third kappa shape index (κ3) is 3.42. The molecule has 1 aromatic carbocycles. The Morgan fingerprint density at radius 3 is 2.95 bits per heavy atom. The molecule has 0 saturated heterocycles. The number of hydrogen-bond donors (Lipinski definition) is 2. The molecule has 0 saturated carbocycles. The van der Waals surface area contributed by atoms with Crippen molar-refractivity contribution in [3.05, 3.63) is 42.0 Å². The average molecular weight is 286 g/mol. The van der Waals surface area contributed by atoms with Crippen molar-refractivity contribution >= 4 is 17.3 Å². The molecule has 0 spiro atoms. The fraction of sp³-hybridized carbons (Fsp3) is 0.375. The normalized spacial score (nSPS) is 12.1. The molecular weight excluding hydrogens is 264 g/mol. The first kappa shape index (κ1) is 15.1. The Bertz CT molecular complexity index is 633. The Labute approximate surface area is 125 Å². The predicted molar refractivity (Wildman–Crippen MR) is 85.2 cm³/mol. The van der Waals surface area contributed by atoms with E-state index in [1.54, 1.807) is 12.3 Å². The van der Waals surface area contributed by atoms with Crippen molar-refractivity contribution in [1.29, 1.82) is 0 Å². The van der Waals surface area contributed by atoms with Crippen molar-refractivity contribution in [1.82, 2.24) is 9.55 Å². The SMILES string of the molecule is CCCc1nccn1C(C)C(=O)Nc1cc(N)ccc1C. The summed E-state index contributed by atoms with van der Waals surface area (Å²) < 4.78 is 1.92. The number of rotatable bonds is 5. The van der Waals surface area contributed by atoms with E-state index in [0.29, 0.717) is 5.69 Å². The Morgan fingerprint density at radius 1 is 1.48 bits per heavy atom. The predicted octanol–water partition coefficient (Wildman–Crippen LogP) is 2.93. The quantitative estimate of drug-likeness (QED) is 0.830. The summed E-state index contributed by atoms with van der Waals surface area (Å²) in [7, 11) is 0. The van der Waals surface area contributed by atoms with Crippen molar-refractivity contribution in [3.8, 4) is 0 Å². The molecule has 21 heavy (non-hydrogen) atoms. The van der Waals surface area contributed by atoms with Crippen LogP contribution >= 0.6 is 0 Å². The van der Waals surface area contributed by atoms with Gasteiger partial charge in [-0.1, -0.05) is 13.0 Å². The van der Waals surface area contributed by atoms with Crippen LogP contribution in [0.3, 0.4) is 0 Å². The number of amides is 1. The van der Waals surface area contributed by atoms with Gasteiger partial charge in [-0.2, -0.15) is 0 Å². The third-order valence-corrected chi connectivity index (χ3v) is 3.54. The summed E-state index contributed by atoms with van der Waals surface area (Å²) in [6, 6.07) is 5.19. The van der Waals surface area contributed by atoms with Crippen LogP contribution in [0.2, 0.25) is 0 Å². The maximum atomic E-state index is 12.4. The summed E-state index contributed by atoms with van der Waals surface area (Å²) in [4.78, 5) is 16.7. The Hall–Kier alpha value is -2.30. The largest absolute Gasteiger partial charge is 0.399 e. The number of nitrogens with one attached hydrogen (secondary N) is 1. The van der Waals surface area contributed by atoms with Gasteiger partial charge in [-0.3, -0.25) is 4.79 Å². The molecule has 1 unspecified atom stereocenters. The molecule has 1 aromatic heterocycles. The molecule has 1 heterocycles. The van der Waals surface area contributed by atoms with Gasteiger partial charge >= 0.3 is 0 Å². The first-order valence-corrected chi connectivity index (χ1v) is 7.21. The number of aryl methyl sites for hydroxylation is 2. The van der Waals surface area contributed by atoms with Gasteiger partial charge in [-0.15, -0.1) is 0 Å².